The monoisotopic (exact) mass is 354 g/mol. The Bertz CT molecular complexity index is 735. The Morgan fingerprint density at radius 1 is 1.12 bits per heavy atom. The van der Waals surface area contributed by atoms with Gasteiger partial charge in [-0.05, 0) is 57.0 Å². The van der Waals surface area contributed by atoms with E-state index >= 15 is 0 Å². The number of rotatable bonds is 4. The first kappa shape index (κ1) is 17.7. The lowest BCUT2D eigenvalue weighted by Gasteiger charge is -2.41. The number of ether oxygens (including phenoxy) is 1. The fourth-order valence-electron chi connectivity index (χ4n) is 4.35. The molecular formula is C21H30N4O. The third-order valence-electron chi connectivity index (χ3n) is 5.61. The normalized spacial score (nSPS) is 22.6. The first-order chi connectivity index (χ1) is 12.7. The van der Waals surface area contributed by atoms with Crippen LogP contribution in [0.2, 0.25) is 0 Å². The molecule has 3 heterocycles. The van der Waals surface area contributed by atoms with E-state index in [1.54, 1.807) is 0 Å². The van der Waals surface area contributed by atoms with Crippen LogP contribution in [0, 0.1) is 13.8 Å². The summed E-state index contributed by atoms with van der Waals surface area (Å²) in [5.74, 6) is 0. The average Bonchev–Trinajstić information content (AvgIpc) is 3.01. The third-order valence-corrected chi connectivity index (χ3v) is 5.61. The molecular weight excluding hydrogens is 324 g/mol. The molecule has 26 heavy (non-hydrogen) atoms. The summed E-state index contributed by atoms with van der Waals surface area (Å²) in [6.45, 7) is 11.5. The lowest BCUT2D eigenvalue weighted by molar-refractivity contribution is -0.00358. The van der Waals surface area contributed by atoms with Gasteiger partial charge in [0.1, 0.15) is 0 Å². The van der Waals surface area contributed by atoms with Crippen molar-refractivity contribution < 1.29 is 4.74 Å². The van der Waals surface area contributed by atoms with Gasteiger partial charge in [-0.2, -0.15) is 5.10 Å². The molecule has 0 amide bonds. The summed E-state index contributed by atoms with van der Waals surface area (Å²) in [7, 11) is 0. The van der Waals surface area contributed by atoms with Crippen molar-refractivity contribution in [1.29, 1.82) is 0 Å². The molecule has 0 bridgehead atoms. The van der Waals surface area contributed by atoms with E-state index in [1.807, 2.05) is 11.6 Å². The number of aromatic nitrogens is 2. The Hall–Kier alpha value is -1.69. The van der Waals surface area contributed by atoms with Crippen molar-refractivity contribution in [2.24, 2.45) is 0 Å². The Labute approximate surface area is 156 Å². The minimum absolute atomic E-state index is 0.687. The molecule has 1 aromatic heterocycles. The molecule has 2 fully saturated rings. The van der Waals surface area contributed by atoms with E-state index in [4.69, 9.17) is 4.74 Å². The number of nitrogens with zero attached hydrogens (tertiary/aromatic N) is 4. The van der Waals surface area contributed by atoms with E-state index < -0.39 is 0 Å². The summed E-state index contributed by atoms with van der Waals surface area (Å²) in [6.07, 6.45) is 2.61. The second-order valence-electron chi connectivity index (χ2n) is 7.69. The van der Waals surface area contributed by atoms with Crippen molar-refractivity contribution in [2.75, 3.05) is 39.4 Å². The van der Waals surface area contributed by atoms with Gasteiger partial charge in [0.25, 0.3) is 0 Å². The molecule has 0 radical (unpaired) electrons. The maximum atomic E-state index is 5.52. The van der Waals surface area contributed by atoms with Crippen LogP contribution in [0.5, 0.6) is 0 Å². The largest absolute Gasteiger partial charge is 0.379 e. The SMILES string of the molecule is Cc1cc(C)n(-c2cccc(CN3CCC[C@H](N4CCOCC4)C3)c2)n1. The highest BCUT2D eigenvalue weighted by molar-refractivity contribution is 5.37. The maximum absolute atomic E-state index is 5.52. The smallest absolute Gasteiger partial charge is 0.0651 e. The highest BCUT2D eigenvalue weighted by Crippen LogP contribution is 2.20. The number of piperidine rings is 1. The highest BCUT2D eigenvalue weighted by atomic mass is 16.5. The predicted molar refractivity (Wildman–Crippen MR) is 104 cm³/mol. The Morgan fingerprint density at radius 3 is 2.73 bits per heavy atom. The summed E-state index contributed by atoms with van der Waals surface area (Å²) >= 11 is 0. The Kier molecular flexibility index (Phi) is 5.38. The van der Waals surface area contributed by atoms with Gasteiger partial charge in [0.05, 0.1) is 24.6 Å². The van der Waals surface area contributed by atoms with Gasteiger partial charge in [0.15, 0.2) is 0 Å². The van der Waals surface area contributed by atoms with E-state index in [2.05, 4.69) is 52.2 Å². The van der Waals surface area contributed by atoms with Crippen LogP contribution in [0.15, 0.2) is 30.3 Å². The summed E-state index contributed by atoms with van der Waals surface area (Å²) in [5, 5.41) is 4.63. The van der Waals surface area contributed by atoms with Gasteiger partial charge in [-0.3, -0.25) is 9.80 Å². The molecule has 2 saturated heterocycles. The van der Waals surface area contributed by atoms with Crippen LogP contribution in [0.1, 0.15) is 29.8 Å². The molecule has 0 unspecified atom stereocenters. The number of aryl methyl sites for hydroxylation is 2. The van der Waals surface area contributed by atoms with Gasteiger partial charge in [-0.25, -0.2) is 4.68 Å². The minimum Gasteiger partial charge on any atom is -0.379 e. The molecule has 0 saturated carbocycles. The molecule has 2 aliphatic rings. The van der Waals surface area contributed by atoms with Crippen LogP contribution in [0.4, 0.5) is 0 Å². The summed E-state index contributed by atoms with van der Waals surface area (Å²) in [4.78, 5) is 5.24. The molecule has 1 atom stereocenters. The maximum Gasteiger partial charge on any atom is 0.0651 e. The molecule has 0 N–H and O–H groups in total. The standard InChI is InChI=1S/C21H30N4O/c1-17-13-18(2)25(22-17)20-6-3-5-19(14-20)15-23-8-4-7-21(16-23)24-9-11-26-12-10-24/h3,5-6,13-14,21H,4,7-12,15-16H2,1-2H3/t21-/m0/s1. The van der Waals surface area contributed by atoms with E-state index in [0.717, 1.165) is 44.2 Å². The first-order valence-corrected chi connectivity index (χ1v) is 9.86. The van der Waals surface area contributed by atoms with E-state index in [9.17, 15) is 0 Å². The van der Waals surface area contributed by atoms with Crippen LogP contribution in [-0.4, -0.2) is 65.0 Å². The summed E-state index contributed by atoms with van der Waals surface area (Å²) < 4.78 is 7.56. The van der Waals surface area contributed by atoms with E-state index in [1.165, 1.54) is 37.2 Å². The molecule has 1 aromatic carbocycles. The zero-order chi connectivity index (χ0) is 17.9. The topological polar surface area (TPSA) is 33.5 Å². The van der Waals surface area contributed by atoms with Crippen molar-refractivity contribution in [2.45, 2.75) is 39.3 Å². The van der Waals surface area contributed by atoms with Gasteiger partial charge in [-0.1, -0.05) is 12.1 Å². The van der Waals surface area contributed by atoms with Gasteiger partial charge >= 0.3 is 0 Å². The Balaban J connectivity index is 1.43. The highest BCUT2D eigenvalue weighted by Gasteiger charge is 2.26. The fourth-order valence-corrected chi connectivity index (χ4v) is 4.35. The van der Waals surface area contributed by atoms with Crippen molar-refractivity contribution in [1.82, 2.24) is 19.6 Å². The van der Waals surface area contributed by atoms with Crippen LogP contribution in [0.3, 0.4) is 0 Å². The number of benzene rings is 1. The summed E-state index contributed by atoms with van der Waals surface area (Å²) in [5.41, 5.74) is 4.79. The molecule has 140 valence electrons. The quantitative estimate of drug-likeness (QED) is 0.845. The van der Waals surface area contributed by atoms with Gasteiger partial charge < -0.3 is 4.74 Å². The van der Waals surface area contributed by atoms with Crippen molar-refractivity contribution in [3.8, 4) is 5.69 Å². The summed E-state index contributed by atoms with van der Waals surface area (Å²) in [6, 6.07) is 11.7. The molecule has 4 rings (SSSR count). The van der Waals surface area contributed by atoms with Crippen LogP contribution < -0.4 is 0 Å². The average molecular weight is 354 g/mol. The van der Waals surface area contributed by atoms with Crippen molar-refractivity contribution >= 4 is 0 Å². The predicted octanol–water partition coefficient (Wildman–Crippen LogP) is 2.79. The van der Waals surface area contributed by atoms with Crippen LogP contribution in [0.25, 0.3) is 5.69 Å². The number of hydrogen-bond acceptors (Lipinski definition) is 4. The molecule has 2 aliphatic heterocycles. The van der Waals surface area contributed by atoms with Crippen LogP contribution in [-0.2, 0) is 11.3 Å². The van der Waals surface area contributed by atoms with Gasteiger partial charge in [-0.15, -0.1) is 0 Å². The van der Waals surface area contributed by atoms with E-state index in [-0.39, 0.29) is 0 Å². The molecule has 5 heteroatoms. The van der Waals surface area contributed by atoms with Gasteiger partial charge in [0.2, 0.25) is 0 Å². The fraction of sp³-hybridized carbons (Fsp3) is 0.571. The number of likely N-dealkylation sites (tertiary alicyclic amines) is 1. The zero-order valence-electron chi connectivity index (χ0n) is 16.0. The van der Waals surface area contributed by atoms with Crippen molar-refractivity contribution in [3.05, 3.63) is 47.3 Å². The zero-order valence-corrected chi connectivity index (χ0v) is 16.0. The third kappa shape index (κ3) is 4.00. The molecule has 0 aliphatic carbocycles. The van der Waals surface area contributed by atoms with Gasteiger partial charge in [0, 0.05) is 37.9 Å². The molecule has 2 aromatic rings. The van der Waals surface area contributed by atoms with Crippen LogP contribution >= 0.6 is 0 Å². The lowest BCUT2D eigenvalue weighted by atomic mass is 10.0. The second kappa shape index (κ2) is 7.91. The first-order valence-electron chi connectivity index (χ1n) is 9.86. The number of morpholine rings is 1. The van der Waals surface area contributed by atoms with Crippen molar-refractivity contribution in [3.63, 3.8) is 0 Å². The minimum atomic E-state index is 0.687. The lowest BCUT2D eigenvalue weighted by Crippen LogP contribution is -2.51. The number of hydrogen-bond donors (Lipinski definition) is 0. The Morgan fingerprint density at radius 2 is 1.96 bits per heavy atom. The molecule has 5 nitrogen and oxygen atoms in total. The molecule has 0 spiro atoms. The second-order valence-corrected chi connectivity index (χ2v) is 7.69. The van der Waals surface area contributed by atoms with E-state index in [0.29, 0.717) is 6.04 Å².